The number of nitroso groups, excluding NO2 is 1. The quantitative estimate of drug-likeness (QED) is 0.751. The summed E-state index contributed by atoms with van der Waals surface area (Å²) in [5.41, 5.74) is 4.06. The smallest absolute Gasteiger partial charge is 0.108 e. The molecule has 18 heavy (non-hydrogen) atoms. The van der Waals surface area contributed by atoms with E-state index in [1.807, 2.05) is 38.1 Å². The van der Waals surface area contributed by atoms with Gasteiger partial charge in [0.05, 0.1) is 5.69 Å². The molecule has 1 aromatic heterocycles. The number of aromatic nitrogens is 1. The number of aryl methyl sites for hydroxylation is 1. The number of hydrogen-bond donors (Lipinski definition) is 0. The maximum atomic E-state index is 10.1. The van der Waals surface area contributed by atoms with E-state index in [9.17, 15) is 4.91 Å². The molecule has 1 aromatic carbocycles. The van der Waals surface area contributed by atoms with Crippen LogP contribution in [0.3, 0.4) is 0 Å². The summed E-state index contributed by atoms with van der Waals surface area (Å²) in [4.78, 5) is 14.4. The summed E-state index contributed by atoms with van der Waals surface area (Å²) in [6.45, 7) is 6.23. The molecule has 2 rings (SSSR count). The molecule has 0 saturated heterocycles. The van der Waals surface area contributed by atoms with Crippen molar-refractivity contribution in [2.24, 2.45) is 5.18 Å². The molecule has 0 fully saturated rings. The lowest BCUT2D eigenvalue weighted by Crippen LogP contribution is -1.87. The maximum Gasteiger partial charge on any atom is 0.108 e. The number of nitrogens with zero attached hydrogens (tertiary/aromatic N) is 2. The van der Waals surface area contributed by atoms with E-state index >= 15 is 0 Å². The van der Waals surface area contributed by atoms with Gasteiger partial charge in [-0.05, 0) is 18.6 Å². The van der Waals surface area contributed by atoms with Crippen LogP contribution < -0.4 is 0 Å². The third kappa shape index (κ3) is 3.77. The van der Waals surface area contributed by atoms with Crippen LogP contribution in [-0.2, 0) is 6.54 Å². The summed E-state index contributed by atoms with van der Waals surface area (Å²) in [6, 6.07) is 12.0. The van der Waals surface area contributed by atoms with E-state index in [4.69, 9.17) is 0 Å². The lowest BCUT2D eigenvalue weighted by molar-refractivity contribution is 1.04. The van der Waals surface area contributed by atoms with E-state index < -0.39 is 0 Å². The Balaban J connectivity index is 0.000000771. The standard InChI is InChI=1S/C13H12N2O.C2H6/c1-10-2-5-12(6-3-10)13-7-4-11(8-14-13)9-15-16;1-2/h2-8H,9H2,1H3;1-2H3. The van der Waals surface area contributed by atoms with Crippen molar-refractivity contribution in [3.63, 3.8) is 0 Å². The molecule has 0 spiro atoms. The second-order valence-corrected chi connectivity index (χ2v) is 3.70. The van der Waals surface area contributed by atoms with Crippen molar-refractivity contribution in [2.75, 3.05) is 0 Å². The highest BCUT2D eigenvalue weighted by atomic mass is 16.3. The molecule has 0 aliphatic carbocycles. The van der Waals surface area contributed by atoms with Crippen LogP contribution in [0.2, 0.25) is 0 Å². The topological polar surface area (TPSA) is 42.3 Å². The van der Waals surface area contributed by atoms with Gasteiger partial charge < -0.3 is 0 Å². The Morgan fingerprint density at radius 2 is 1.72 bits per heavy atom. The molecule has 0 amide bonds. The fourth-order valence-corrected chi connectivity index (χ4v) is 1.49. The first-order valence-electron chi connectivity index (χ1n) is 6.10. The van der Waals surface area contributed by atoms with Crippen molar-refractivity contribution in [3.05, 3.63) is 58.6 Å². The third-order valence-corrected chi connectivity index (χ3v) is 2.42. The minimum atomic E-state index is 0.182. The molecule has 0 N–H and O–H groups in total. The Morgan fingerprint density at radius 3 is 2.22 bits per heavy atom. The fourth-order valence-electron chi connectivity index (χ4n) is 1.49. The van der Waals surface area contributed by atoms with E-state index in [2.05, 4.69) is 29.2 Å². The van der Waals surface area contributed by atoms with Crippen LogP contribution in [0.25, 0.3) is 11.3 Å². The maximum absolute atomic E-state index is 10.1. The zero-order valence-corrected chi connectivity index (χ0v) is 11.1. The first-order chi connectivity index (χ1) is 8.79. The first kappa shape index (κ1) is 14.0. The van der Waals surface area contributed by atoms with Crippen molar-refractivity contribution < 1.29 is 0 Å². The predicted octanol–water partition coefficient (Wildman–Crippen LogP) is 4.35. The summed E-state index contributed by atoms with van der Waals surface area (Å²) in [5, 5.41) is 2.83. The van der Waals surface area contributed by atoms with Gasteiger partial charge in [0.1, 0.15) is 6.54 Å². The molecular weight excluding hydrogens is 224 g/mol. The molecule has 2 aromatic rings. The first-order valence-corrected chi connectivity index (χ1v) is 6.10. The molecule has 0 unspecified atom stereocenters. The van der Waals surface area contributed by atoms with E-state index in [0.29, 0.717) is 0 Å². The molecule has 0 aliphatic rings. The third-order valence-electron chi connectivity index (χ3n) is 2.42. The van der Waals surface area contributed by atoms with Gasteiger partial charge in [-0.1, -0.05) is 54.9 Å². The minimum absolute atomic E-state index is 0.182. The van der Waals surface area contributed by atoms with Crippen LogP contribution in [0.1, 0.15) is 25.0 Å². The molecule has 94 valence electrons. The van der Waals surface area contributed by atoms with Crippen molar-refractivity contribution in [3.8, 4) is 11.3 Å². The molecule has 0 aliphatic heterocycles. The Bertz CT molecular complexity index is 475. The van der Waals surface area contributed by atoms with Crippen molar-refractivity contribution in [1.29, 1.82) is 0 Å². The summed E-state index contributed by atoms with van der Waals surface area (Å²) < 4.78 is 0. The van der Waals surface area contributed by atoms with Crippen molar-refractivity contribution in [2.45, 2.75) is 27.3 Å². The summed E-state index contributed by atoms with van der Waals surface area (Å²) in [6.07, 6.45) is 1.69. The van der Waals surface area contributed by atoms with Crippen LogP contribution >= 0.6 is 0 Å². The van der Waals surface area contributed by atoms with Crippen LogP contribution in [0, 0.1) is 11.8 Å². The highest BCUT2D eigenvalue weighted by molar-refractivity contribution is 5.59. The second kappa shape index (κ2) is 7.33. The van der Waals surface area contributed by atoms with Crippen LogP contribution in [0.4, 0.5) is 0 Å². The zero-order valence-electron chi connectivity index (χ0n) is 11.1. The predicted molar refractivity (Wildman–Crippen MR) is 75.3 cm³/mol. The van der Waals surface area contributed by atoms with E-state index in [1.165, 1.54) is 5.56 Å². The van der Waals surface area contributed by atoms with Gasteiger partial charge in [0, 0.05) is 11.8 Å². The number of pyridine rings is 1. The van der Waals surface area contributed by atoms with E-state index in [0.717, 1.165) is 16.8 Å². The second-order valence-electron chi connectivity index (χ2n) is 3.70. The average molecular weight is 242 g/mol. The molecule has 1 heterocycles. The highest BCUT2D eigenvalue weighted by Crippen LogP contribution is 2.17. The Kier molecular flexibility index (Phi) is 5.71. The zero-order chi connectivity index (χ0) is 13.4. The monoisotopic (exact) mass is 242 g/mol. The summed E-state index contributed by atoms with van der Waals surface area (Å²) in [7, 11) is 0. The van der Waals surface area contributed by atoms with Crippen LogP contribution in [0.5, 0.6) is 0 Å². The Hall–Kier alpha value is -2.03. The molecule has 0 atom stereocenters. The van der Waals surface area contributed by atoms with Gasteiger partial charge in [-0.15, -0.1) is 0 Å². The Morgan fingerprint density at radius 1 is 1.06 bits per heavy atom. The van der Waals surface area contributed by atoms with Crippen LogP contribution in [-0.4, -0.2) is 4.98 Å². The summed E-state index contributed by atoms with van der Waals surface area (Å²) >= 11 is 0. The minimum Gasteiger partial charge on any atom is -0.256 e. The Labute approximate surface area is 108 Å². The van der Waals surface area contributed by atoms with Gasteiger partial charge in [-0.25, -0.2) is 0 Å². The number of benzene rings is 1. The summed E-state index contributed by atoms with van der Waals surface area (Å²) in [5.74, 6) is 0. The van der Waals surface area contributed by atoms with E-state index in [-0.39, 0.29) is 6.54 Å². The average Bonchev–Trinajstić information content (AvgIpc) is 2.43. The van der Waals surface area contributed by atoms with Gasteiger partial charge in [-0.3, -0.25) is 4.98 Å². The molecule has 3 heteroatoms. The van der Waals surface area contributed by atoms with Crippen LogP contribution in [0.15, 0.2) is 47.8 Å². The molecule has 0 saturated carbocycles. The SMILES string of the molecule is CC.Cc1ccc(-c2ccc(CN=O)cn2)cc1. The molecule has 0 bridgehead atoms. The van der Waals surface area contributed by atoms with Gasteiger partial charge in [0.25, 0.3) is 0 Å². The van der Waals surface area contributed by atoms with Gasteiger partial charge >= 0.3 is 0 Å². The van der Waals surface area contributed by atoms with E-state index in [1.54, 1.807) is 6.20 Å². The molecular formula is C15H18N2O. The van der Waals surface area contributed by atoms with Gasteiger partial charge in [0.2, 0.25) is 0 Å². The normalized spacial score (nSPS) is 9.28. The molecule has 0 radical (unpaired) electrons. The highest BCUT2D eigenvalue weighted by Gasteiger charge is 1.99. The molecule has 3 nitrogen and oxygen atoms in total. The number of hydrogen-bond acceptors (Lipinski definition) is 3. The van der Waals surface area contributed by atoms with Crippen molar-refractivity contribution in [1.82, 2.24) is 4.98 Å². The van der Waals surface area contributed by atoms with Gasteiger partial charge in [-0.2, -0.15) is 4.91 Å². The van der Waals surface area contributed by atoms with Gasteiger partial charge in [0.15, 0.2) is 0 Å². The lowest BCUT2D eigenvalue weighted by atomic mass is 10.1. The van der Waals surface area contributed by atoms with Crippen molar-refractivity contribution >= 4 is 0 Å². The fraction of sp³-hybridized carbons (Fsp3) is 0.267. The number of rotatable bonds is 3. The lowest BCUT2D eigenvalue weighted by Gasteiger charge is -2.02. The largest absolute Gasteiger partial charge is 0.256 e.